The lowest BCUT2D eigenvalue weighted by Gasteiger charge is -2.20. The number of esters is 1. The van der Waals surface area contributed by atoms with Crippen LogP contribution in [0.1, 0.15) is 31.9 Å². The van der Waals surface area contributed by atoms with Crippen LogP contribution in [0.15, 0.2) is 18.2 Å². The quantitative estimate of drug-likeness (QED) is 0.779. The van der Waals surface area contributed by atoms with E-state index in [2.05, 4.69) is 11.4 Å². The van der Waals surface area contributed by atoms with Crippen molar-refractivity contribution in [3.05, 3.63) is 29.3 Å². The number of aryl methyl sites for hydroxylation is 2. The van der Waals surface area contributed by atoms with Crippen molar-refractivity contribution in [2.24, 2.45) is 0 Å². The average molecular weight is 279 g/mol. The Morgan fingerprint density at radius 3 is 2.55 bits per heavy atom. The molecular weight excluding hydrogens is 254 g/mol. The summed E-state index contributed by atoms with van der Waals surface area (Å²) in [5.41, 5.74) is 2.26. The van der Waals surface area contributed by atoms with Crippen molar-refractivity contribution in [1.29, 1.82) is 0 Å². The minimum absolute atomic E-state index is 0.187. The first-order valence-electron chi connectivity index (χ1n) is 7.06. The molecular formula is C16H25NO3. The lowest BCUT2D eigenvalue weighted by molar-refractivity contribution is -0.146. The van der Waals surface area contributed by atoms with Gasteiger partial charge < -0.3 is 9.47 Å². The third kappa shape index (κ3) is 5.21. The first kappa shape index (κ1) is 16.5. The van der Waals surface area contributed by atoms with Crippen LogP contribution in [-0.2, 0) is 9.53 Å². The van der Waals surface area contributed by atoms with Crippen molar-refractivity contribution in [2.45, 2.75) is 46.7 Å². The molecule has 1 aromatic rings. The molecule has 0 amide bonds. The molecule has 0 heterocycles. The molecule has 1 N–H and O–H groups in total. The molecule has 20 heavy (non-hydrogen) atoms. The van der Waals surface area contributed by atoms with E-state index in [1.807, 2.05) is 39.8 Å². The van der Waals surface area contributed by atoms with Gasteiger partial charge in [-0.2, -0.15) is 0 Å². The maximum absolute atomic E-state index is 11.9. The molecule has 0 aliphatic rings. The van der Waals surface area contributed by atoms with Gasteiger partial charge in [-0.05, 0) is 32.4 Å². The van der Waals surface area contributed by atoms with Crippen molar-refractivity contribution in [3.8, 4) is 5.75 Å². The van der Waals surface area contributed by atoms with Gasteiger partial charge in [-0.1, -0.05) is 31.5 Å². The third-order valence-electron chi connectivity index (χ3n) is 2.84. The van der Waals surface area contributed by atoms with E-state index in [1.54, 1.807) is 6.92 Å². The molecule has 1 unspecified atom stereocenters. The zero-order valence-electron chi connectivity index (χ0n) is 13.0. The highest BCUT2D eigenvalue weighted by atomic mass is 16.5. The fraction of sp³-hybridized carbons (Fsp3) is 0.562. The van der Waals surface area contributed by atoms with Gasteiger partial charge >= 0.3 is 5.97 Å². The van der Waals surface area contributed by atoms with Gasteiger partial charge in [-0.3, -0.25) is 10.1 Å². The van der Waals surface area contributed by atoms with E-state index in [-0.39, 0.29) is 18.6 Å². The van der Waals surface area contributed by atoms with Gasteiger partial charge in [0.2, 0.25) is 0 Å². The number of nitrogens with one attached hydrogen (secondary N) is 1. The molecule has 0 aliphatic heterocycles. The van der Waals surface area contributed by atoms with Gasteiger partial charge in [0.05, 0.1) is 6.61 Å². The molecule has 1 atom stereocenters. The number of hydrogen-bond acceptors (Lipinski definition) is 4. The summed E-state index contributed by atoms with van der Waals surface area (Å²) >= 11 is 0. The van der Waals surface area contributed by atoms with Crippen molar-refractivity contribution in [2.75, 3.05) is 13.2 Å². The highest BCUT2D eigenvalue weighted by Crippen LogP contribution is 2.18. The van der Waals surface area contributed by atoms with E-state index in [9.17, 15) is 4.79 Å². The largest absolute Gasteiger partial charge is 0.491 e. The summed E-state index contributed by atoms with van der Waals surface area (Å²) in [5.74, 6) is 0.529. The van der Waals surface area contributed by atoms with Crippen molar-refractivity contribution >= 4 is 5.97 Å². The number of hydrogen-bond donors (Lipinski definition) is 1. The topological polar surface area (TPSA) is 47.6 Å². The summed E-state index contributed by atoms with van der Waals surface area (Å²) in [6.45, 7) is 10.5. The van der Waals surface area contributed by atoms with E-state index < -0.39 is 6.04 Å². The molecule has 4 heteroatoms. The summed E-state index contributed by atoms with van der Waals surface area (Å²) in [5, 5.41) is 3.17. The van der Waals surface area contributed by atoms with Crippen molar-refractivity contribution in [3.63, 3.8) is 0 Å². The predicted molar refractivity (Wildman–Crippen MR) is 80.1 cm³/mol. The Morgan fingerprint density at radius 1 is 1.30 bits per heavy atom. The smallest absolute Gasteiger partial charge is 0.326 e. The molecule has 4 nitrogen and oxygen atoms in total. The molecule has 0 aromatic heterocycles. The van der Waals surface area contributed by atoms with Crippen molar-refractivity contribution < 1.29 is 14.3 Å². The van der Waals surface area contributed by atoms with Crippen LogP contribution in [0.25, 0.3) is 0 Å². The van der Waals surface area contributed by atoms with Gasteiger partial charge in [0.25, 0.3) is 0 Å². The van der Waals surface area contributed by atoms with E-state index in [1.165, 1.54) is 5.56 Å². The number of carbonyl (C=O) groups excluding carboxylic acids is 1. The normalized spacial score (nSPS) is 12.3. The monoisotopic (exact) mass is 279 g/mol. The van der Waals surface area contributed by atoms with Gasteiger partial charge in [0.1, 0.15) is 18.4 Å². The Kier molecular flexibility index (Phi) is 6.52. The number of benzene rings is 1. The average Bonchev–Trinajstić information content (AvgIpc) is 2.36. The van der Waals surface area contributed by atoms with Crippen LogP contribution in [0.2, 0.25) is 0 Å². The Morgan fingerprint density at radius 2 is 2.00 bits per heavy atom. The first-order valence-corrected chi connectivity index (χ1v) is 7.06. The lowest BCUT2D eigenvalue weighted by atomic mass is 10.1. The van der Waals surface area contributed by atoms with E-state index in [0.717, 1.165) is 11.3 Å². The van der Waals surface area contributed by atoms with Crippen LogP contribution in [-0.4, -0.2) is 31.3 Å². The van der Waals surface area contributed by atoms with Crippen LogP contribution in [0, 0.1) is 13.8 Å². The second-order valence-corrected chi connectivity index (χ2v) is 5.21. The fourth-order valence-electron chi connectivity index (χ4n) is 1.96. The fourth-order valence-corrected chi connectivity index (χ4v) is 1.96. The number of rotatable bonds is 7. The molecule has 0 aliphatic carbocycles. The molecule has 1 aromatic carbocycles. The highest BCUT2D eigenvalue weighted by Gasteiger charge is 2.21. The van der Waals surface area contributed by atoms with Crippen LogP contribution >= 0.6 is 0 Å². The SMILES string of the molecule is CCOC(=O)C(COc1ccc(C)cc1C)NC(C)C. The summed E-state index contributed by atoms with van der Waals surface area (Å²) in [6.07, 6.45) is 0. The minimum atomic E-state index is -0.448. The maximum atomic E-state index is 11.9. The van der Waals surface area contributed by atoms with E-state index >= 15 is 0 Å². The third-order valence-corrected chi connectivity index (χ3v) is 2.84. The Hall–Kier alpha value is -1.55. The molecule has 0 spiro atoms. The maximum Gasteiger partial charge on any atom is 0.326 e. The zero-order valence-corrected chi connectivity index (χ0v) is 13.0. The summed E-state index contributed by atoms with van der Waals surface area (Å²) < 4.78 is 10.8. The Labute approximate surface area is 121 Å². The predicted octanol–water partition coefficient (Wildman–Crippen LogP) is 2.61. The summed E-state index contributed by atoms with van der Waals surface area (Å²) in [4.78, 5) is 11.9. The molecule has 112 valence electrons. The van der Waals surface area contributed by atoms with Crippen molar-refractivity contribution in [1.82, 2.24) is 5.32 Å². The number of carbonyl (C=O) groups is 1. The highest BCUT2D eigenvalue weighted by molar-refractivity contribution is 5.76. The second-order valence-electron chi connectivity index (χ2n) is 5.21. The van der Waals surface area contributed by atoms with Crippen LogP contribution in [0.5, 0.6) is 5.75 Å². The van der Waals surface area contributed by atoms with Gasteiger partial charge in [0, 0.05) is 6.04 Å². The van der Waals surface area contributed by atoms with E-state index in [0.29, 0.717) is 6.61 Å². The summed E-state index contributed by atoms with van der Waals surface area (Å²) in [7, 11) is 0. The van der Waals surface area contributed by atoms with E-state index in [4.69, 9.17) is 9.47 Å². The van der Waals surface area contributed by atoms with Gasteiger partial charge in [-0.15, -0.1) is 0 Å². The molecule has 1 rings (SSSR count). The molecule has 0 radical (unpaired) electrons. The Bertz CT molecular complexity index is 443. The minimum Gasteiger partial charge on any atom is -0.491 e. The van der Waals surface area contributed by atoms with Gasteiger partial charge in [-0.25, -0.2) is 0 Å². The molecule has 0 bridgehead atoms. The molecule has 0 saturated heterocycles. The van der Waals surface area contributed by atoms with Crippen LogP contribution in [0.3, 0.4) is 0 Å². The van der Waals surface area contributed by atoms with Crippen LogP contribution in [0.4, 0.5) is 0 Å². The van der Waals surface area contributed by atoms with Crippen LogP contribution < -0.4 is 10.1 Å². The Balaban J connectivity index is 2.67. The first-order chi connectivity index (χ1) is 9.43. The standard InChI is InChI=1S/C16H25NO3/c1-6-19-16(18)14(17-11(2)3)10-20-15-8-7-12(4)9-13(15)5/h7-9,11,14,17H,6,10H2,1-5H3. The molecule has 0 saturated carbocycles. The number of ether oxygens (including phenoxy) is 2. The second kappa shape index (κ2) is 7.90. The lowest BCUT2D eigenvalue weighted by Crippen LogP contribution is -2.45. The van der Waals surface area contributed by atoms with Gasteiger partial charge in [0.15, 0.2) is 0 Å². The zero-order chi connectivity index (χ0) is 15.1. The summed E-state index contributed by atoms with van der Waals surface area (Å²) in [6, 6.07) is 5.73. The molecule has 0 fully saturated rings.